The highest BCUT2D eigenvalue weighted by Crippen LogP contribution is 2.42. The fourth-order valence-corrected chi connectivity index (χ4v) is 7.86. The molecule has 9 aromatic rings. The zero-order valence-corrected chi connectivity index (χ0v) is 25.6. The Morgan fingerprint density at radius 1 is 0.568 bits per heavy atom. The Balaban J connectivity index is 1.41. The van der Waals surface area contributed by atoms with Crippen molar-refractivity contribution >= 4 is 75.0 Å². The Morgan fingerprint density at radius 3 is 2.11 bits per heavy atom. The molecule has 210 valence electrons. The molecule has 0 aliphatic rings. The molecule has 3 heterocycles. The summed E-state index contributed by atoms with van der Waals surface area (Å²) in [4.78, 5) is 10.6. The molecule has 44 heavy (non-hydrogen) atoms. The standard InChI is InChI=1S/C40H29N3S/c1-40(2,3)26-19-16-25(17-20-26)38-29-13-6-8-14-32(29)41-39(42-38)43-33-21-18-24-10-4-5-11-27(24)37(33)31-23-36-30(22-34(31)43)28-12-7-9-15-35(28)44-36/h4-23H,1-3H3. The molecule has 0 atom stereocenters. The predicted octanol–water partition coefficient (Wildman–Crippen LogP) is 11.2. The first-order chi connectivity index (χ1) is 21.4. The van der Waals surface area contributed by atoms with Crippen molar-refractivity contribution in [2.75, 3.05) is 0 Å². The average molecular weight is 584 g/mol. The van der Waals surface area contributed by atoms with E-state index in [1.54, 1.807) is 0 Å². The largest absolute Gasteiger partial charge is 0.278 e. The molecular formula is C40H29N3S. The second-order valence-corrected chi connectivity index (χ2v) is 13.8. The van der Waals surface area contributed by atoms with Crippen molar-refractivity contribution in [1.82, 2.24) is 14.5 Å². The maximum absolute atomic E-state index is 5.37. The van der Waals surface area contributed by atoms with Crippen LogP contribution in [0.15, 0.2) is 121 Å². The topological polar surface area (TPSA) is 30.7 Å². The predicted molar refractivity (Wildman–Crippen MR) is 188 cm³/mol. The minimum Gasteiger partial charge on any atom is -0.278 e. The van der Waals surface area contributed by atoms with Crippen LogP contribution in [0.1, 0.15) is 26.3 Å². The van der Waals surface area contributed by atoms with Gasteiger partial charge in [-0.15, -0.1) is 11.3 Å². The van der Waals surface area contributed by atoms with Crippen LogP contribution in [-0.2, 0) is 5.41 Å². The van der Waals surface area contributed by atoms with Crippen LogP contribution < -0.4 is 0 Å². The SMILES string of the molecule is CC(C)(C)c1ccc(-c2nc(-n3c4cc5c(cc4c4c6ccccc6ccc43)sc3ccccc35)nc3ccccc23)cc1. The highest BCUT2D eigenvalue weighted by molar-refractivity contribution is 7.25. The zero-order chi connectivity index (χ0) is 29.6. The van der Waals surface area contributed by atoms with Gasteiger partial charge in [-0.25, -0.2) is 9.97 Å². The maximum atomic E-state index is 5.37. The molecule has 3 aromatic heterocycles. The lowest BCUT2D eigenvalue weighted by Crippen LogP contribution is -2.10. The summed E-state index contributed by atoms with van der Waals surface area (Å²) in [6.07, 6.45) is 0. The molecule has 6 aromatic carbocycles. The van der Waals surface area contributed by atoms with Gasteiger partial charge in [0, 0.05) is 41.9 Å². The van der Waals surface area contributed by atoms with Crippen molar-refractivity contribution in [3.8, 4) is 17.2 Å². The van der Waals surface area contributed by atoms with E-state index in [4.69, 9.17) is 9.97 Å². The van der Waals surface area contributed by atoms with Gasteiger partial charge in [-0.3, -0.25) is 4.57 Å². The lowest BCUT2D eigenvalue weighted by atomic mass is 9.86. The van der Waals surface area contributed by atoms with Gasteiger partial charge < -0.3 is 0 Å². The maximum Gasteiger partial charge on any atom is 0.235 e. The number of fused-ring (bicyclic) bond motifs is 9. The summed E-state index contributed by atoms with van der Waals surface area (Å²) in [5.74, 6) is 0.688. The summed E-state index contributed by atoms with van der Waals surface area (Å²) >= 11 is 1.86. The van der Waals surface area contributed by atoms with Gasteiger partial charge in [0.25, 0.3) is 0 Å². The van der Waals surface area contributed by atoms with Crippen LogP contribution in [0.4, 0.5) is 0 Å². The first-order valence-corrected chi connectivity index (χ1v) is 15.9. The summed E-state index contributed by atoms with van der Waals surface area (Å²) < 4.78 is 4.88. The van der Waals surface area contributed by atoms with E-state index in [2.05, 4.69) is 147 Å². The number of benzene rings is 6. The van der Waals surface area contributed by atoms with E-state index >= 15 is 0 Å². The van der Waals surface area contributed by atoms with Crippen LogP contribution >= 0.6 is 11.3 Å². The Hall–Kier alpha value is -5.06. The van der Waals surface area contributed by atoms with E-state index in [-0.39, 0.29) is 5.41 Å². The van der Waals surface area contributed by atoms with Gasteiger partial charge >= 0.3 is 0 Å². The quantitative estimate of drug-likeness (QED) is 0.203. The van der Waals surface area contributed by atoms with Crippen molar-refractivity contribution in [2.24, 2.45) is 0 Å². The van der Waals surface area contributed by atoms with Crippen LogP contribution in [0.25, 0.3) is 80.9 Å². The summed E-state index contributed by atoms with van der Waals surface area (Å²) in [6, 6.07) is 43.8. The molecule has 0 radical (unpaired) electrons. The Bertz CT molecular complexity index is 2580. The van der Waals surface area contributed by atoms with Crippen molar-refractivity contribution < 1.29 is 0 Å². The Kier molecular flexibility index (Phi) is 5.33. The molecule has 0 spiro atoms. The van der Waals surface area contributed by atoms with E-state index in [1.165, 1.54) is 47.3 Å². The summed E-state index contributed by atoms with van der Waals surface area (Å²) in [6.45, 7) is 6.75. The Labute approximate surface area is 259 Å². The fourth-order valence-electron chi connectivity index (χ4n) is 6.73. The third kappa shape index (κ3) is 3.74. The van der Waals surface area contributed by atoms with E-state index in [9.17, 15) is 0 Å². The van der Waals surface area contributed by atoms with E-state index < -0.39 is 0 Å². The zero-order valence-electron chi connectivity index (χ0n) is 24.8. The van der Waals surface area contributed by atoms with Gasteiger partial charge in [-0.05, 0) is 52.1 Å². The molecule has 9 rings (SSSR count). The Morgan fingerprint density at radius 2 is 1.30 bits per heavy atom. The smallest absolute Gasteiger partial charge is 0.235 e. The van der Waals surface area contributed by atoms with Crippen molar-refractivity contribution in [3.05, 3.63) is 127 Å². The highest BCUT2D eigenvalue weighted by Gasteiger charge is 2.21. The number of rotatable bonds is 2. The van der Waals surface area contributed by atoms with Crippen LogP contribution in [0.5, 0.6) is 0 Å². The number of thiophene rings is 1. The van der Waals surface area contributed by atoms with Gasteiger partial charge in [-0.1, -0.05) is 112 Å². The molecular weight excluding hydrogens is 555 g/mol. The highest BCUT2D eigenvalue weighted by atomic mass is 32.1. The molecule has 0 aliphatic carbocycles. The van der Waals surface area contributed by atoms with Crippen molar-refractivity contribution in [2.45, 2.75) is 26.2 Å². The number of para-hydroxylation sites is 1. The first-order valence-electron chi connectivity index (χ1n) is 15.1. The summed E-state index contributed by atoms with van der Waals surface area (Å²) in [7, 11) is 0. The van der Waals surface area contributed by atoms with Crippen LogP contribution in [0.3, 0.4) is 0 Å². The number of hydrogen-bond donors (Lipinski definition) is 0. The van der Waals surface area contributed by atoms with Gasteiger partial charge in [0.1, 0.15) is 0 Å². The van der Waals surface area contributed by atoms with Crippen molar-refractivity contribution in [1.29, 1.82) is 0 Å². The summed E-state index contributed by atoms with van der Waals surface area (Å²) in [5.41, 5.74) is 6.60. The molecule has 0 aliphatic heterocycles. The van der Waals surface area contributed by atoms with Gasteiger partial charge in [0.05, 0.1) is 22.2 Å². The number of nitrogens with zero attached hydrogens (tertiary/aromatic N) is 3. The minimum atomic E-state index is 0.0837. The van der Waals surface area contributed by atoms with E-state index in [0.29, 0.717) is 5.95 Å². The molecule has 0 saturated carbocycles. The summed E-state index contributed by atoms with van der Waals surface area (Å²) in [5, 5.41) is 8.55. The molecule has 3 nitrogen and oxygen atoms in total. The first kappa shape index (κ1) is 25.4. The van der Waals surface area contributed by atoms with Gasteiger partial charge in [-0.2, -0.15) is 0 Å². The average Bonchev–Trinajstić information content (AvgIpc) is 3.57. The molecule has 0 fully saturated rings. The van der Waals surface area contributed by atoms with Crippen LogP contribution in [0, 0.1) is 0 Å². The molecule has 0 N–H and O–H groups in total. The fraction of sp³-hybridized carbons (Fsp3) is 0.100. The molecule has 0 bridgehead atoms. The molecule has 0 amide bonds. The second kappa shape index (κ2) is 9.22. The lowest BCUT2D eigenvalue weighted by Gasteiger charge is -2.19. The monoisotopic (exact) mass is 583 g/mol. The number of aromatic nitrogens is 3. The van der Waals surface area contributed by atoms with Crippen LogP contribution in [0.2, 0.25) is 0 Å². The minimum absolute atomic E-state index is 0.0837. The molecule has 0 saturated heterocycles. The normalized spacial score (nSPS) is 12.4. The second-order valence-electron chi connectivity index (χ2n) is 12.7. The molecule has 0 unspecified atom stereocenters. The van der Waals surface area contributed by atoms with Crippen LogP contribution in [-0.4, -0.2) is 14.5 Å². The van der Waals surface area contributed by atoms with Gasteiger partial charge in [0.2, 0.25) is 5.95 Å². The number of hydrogen-bond acceptors (Lipinski definition) is 3. The van der Waals surface area contributed by atoms with E-state index in [0.717, 1.165) is 33.2 Å². The lowest BCUT2D eigenvalue weighted by molar-refractivity contribution is 0.590. The molecule has 4 heteroatoms. The van der Waals surface area contributed by atoms with E-state index in [1.807, 2.05) is 11.3 Å². The third-order valence-corrected chi connectivity index (χ3v) is 10.1. The van der Waals surface area contributed by atoms with Gasteiger partial charge in [0.15, 0.2) is 0 Å². The van der Waals surface area contributed by atoms with Crippen molar-refractivity contribution in [3.63, 3.8) is 0 Å². The third-order valence-electron chi connectivity index (χ3n) is 8.97.